The molecule has 1 N–H and O–H groups in total. The lowest BCUT2D eigenvalue weighted by molar-refractivity contribution is -0.126. The second kappa shape index (κ2) is 9.91. The molecule has 1 aliphatic heterocycles. The first-order valence-electron chi connectivity index (χ1n) is 10.0. The smallest absolute Gasteiger partial charge is 0.227 e. The Kier molecular flexibility index (Phi) is 7.05. The van der Waals surface area contributed by atoms with E-state index in [0.717, 1.165) is 12.0 Å². The number of amides is 2. The zero-order valence-corrected chi connectivity index (χ0v) is 16.9. The maximum atomic E-state index is 12.7. The van der Waals surface area contributed by atoms with Crippen LogP contribution < -0.4 is 19.7 Å². The molecule has 0 spiro atoms. The van der Waals surface area contributed by atoms with E-state index in [4.69, 9.17) is 9.47 Å². The van der Waals surface area contributed by atoms with Crippen LogP contribution in [0.25, 0.3) is 0 Å². The third-order valence-corrected chi connectivity index (χ3v) is 4.70. The van der Waals surface area contributed by atoms with Gasteiger partial charge in [-0.05, 0) is 31.5 Å². The fraction of sp³-hybridized carbons (Fsp3) is 0.409. The Bertz CT molecular complexity index is 855. The largest absolute Gasteiger partial charge is 0.492 e. The summed E-state index contributed by atoms with van der Waals surface area (Å²) in [5.41, 5.74) is 1.52. The topological polar surface area (TPSA) is 80.8 Å². The van der Waals surface area contributed by atoms with Crippen molar-refractivity contribution in [1.29, 1.82) is 0 Å². The van der Waals surface area contributed by atoms with Gasteiger partial charge in [0.1, 0.15) is 5.75 Å². The fourth-order valence-corrected chi connectivity index (χ4v) is 3.29. The Balaban J connectivity index is 1.63. The first-order valence-corrected chi connectivity index (χ1v) is 10.0. The highest BCUT2D eigenvalue weighted by molar-refractivity contribution is 6.01. The van der Waals surface area contributed by atoms with Crippen LogP contribution in [0.1, 0.15) is 32.3 Å². The monoisotopic (exact) mass is 397 g/mol. The predicted octanol–water partition coefficient (Wildman–Crippen LogP) is 2.94. The molecule has 0 radical (unpaired) electrons. The number of rotatable bonds is 9. The molecular weight excluding hydrogens is 370 g/mol. The number of anilines is 1. The van der Waals surface area contributed by atoms with E-state index >= 15 is 0 Å². The molecule has 7 heteroatoms. The van der Waals surface area contributed by atoms with Crippen LogP contribution in [0.3, 0.4) is 0 Å². The van der Waals surface area contributed by atoms with Gasteiger partial charge < -0.3 is 19.7 Å². The van der Waals surface area contributed by atoms with Gasteiger partial charge in [-0.2, -0.15) is 0 Å². The van der Waals surface area contributed by atoms with Crippen LogP contribution in [0.2, 0.25) is 0 Å². The molecule has 0 aliphatic carbocycles. The number of carbonyl (C=O) groups is 2. The van der Waals surface area contributed by atoms with Crippen molar-refractivity contribution in [3.8, 4) is 11.6 Å². The molecule has 154 valence electrons. The second-order valence-electron chi connectivity index (χ2n) is 6.84. The molecule has 0 saturated carbocycles. The van der Waals surface area contributed by atoms with Gasteiger partial charge in [0, 0.05) is 31.3 Å². The summed E-state index contributed by atoms with van der Waals surface area (Å²) in [5.74, 6) is 0.543. The van der Waals surface area contributed by atoms with E-state index in [2.05, 4.69) is 10.3 Å². The Labute approximate surface area is 171 Å². The van der Waals surface area contributed by atoms with Gasteiger partial charge in [0.05, 0.1) is 24.8 Å². The number of pyridine rings is 1. The van der Waals surface area contributed by atoms with Gasteiger partial charge in [-0.3, -0.25) is 9.59 Å². The molecule has 1 saturated heterocycles. The van der Waals surface area contributed by atoms with Gasteiger partial charge in [-0.1, -0.05) is 25.1 Å². The first kappa shape index (κ1) is 20.6. The molecule has 1 fully saturated rings. The Morgan fingerprint density at radius 2 is 2.03 bits per heavy atom. The molecule has 2 heterocycles. The molecule has 1 atom stereocenters. The van der Waals surface area contributed by atoms with Crippen molar-refractivity contribution in [3.63, 3.8) is 0 Å². The van der Waals surface area contributed by atoms with Crippen LogP contribution in [0, 0.1) is 5.92 Å². The van der Waals surface area contributed by atoms with Crippen molar-refractivity contribution in [2.75, 3.05) is 24.7 Å². The van der Waals surface area contributed by atoms with E-state index in [1.54, 1.807) is 11.1 Å². The molecule has 2 amide bonds. The normalized spacial score (nSPS) is 16.0. The Morgan fingerprint density at radius 1 is 1.21 bits per heavy atom. The molecule has 1 aromatic heterocycles. The number of para-hydroxylation sites is 2. The van der Waals surface area contributed by atoms with E-state index in [1.165, 1.54) is 0 Å². The van der Waals surface area contributed by atoms with Crippen molar-refractivity contribution in [2.24, 2.45) is 5.92 Å². The van der Waals surface area contributed by atoms with Crippen LogP contribution >= 0.6 is 0 Å². The highest BCUT2D eigenvalue weighted by Crippen LogP contribution is 2.33. The molecule has 7 nitrogen and oxygen atoms in total. The van der Waals surface area contributed by atoms with Gasteiger partial charge in [-0.25, -0.2) is 4.98 Å². The molecule has 1 aromatic carbocycles. The predicted molar refractivity (Wildman–Crippen MR) is 110 cm³/mol. The summed E-state index contributed by atoms with van der Waals surface area (Å²) in [6, 6.07) is 11.1. The standard InChI is InChI=1S/C22H27N3O4/c1-3-12-29-22-16(8-7-11-23-22)14-24-21(27)17-13-20(26)25(15-17)18-9-5-6-10-19(18)28-4-2/h5-11,17H,3-4,12-15H2,1-2H3,(H,24,27). The molecule has 1 unspecified atom stereocenters. The number of aromatic nitrogens is 1. The zero-order chi connectivity index (χ0) is 20.6. The molecule has 0 bridgehead atoms. The zero-order valence-electron chi connectivity index (χ0n) is 16.9. The minimum absolute atomic E-state index is 0.0781. The third-order valence-electron chi connectivity index (χ3n) is 4.70. The SMILES string of the molecule is CCCOc1ncccc1CNC(=O)C1CC(=O)N(c2ccccc2OCC)C1. The lowest BCUT2D eigenvalue weighted by atomic mass is 10.1. The van der Waals surface area contributed by atoms with Crippen molar-refractivity contribution in [2.45, 2.75) is 33.2 Å². The molecule has 3 rings (SSSR count). The van der Waals surface area contributed by atoms with Crippen LogP contribution in [0.4, 0.5) is 5.69 Å². The van der Waals surface area contributed by atoms with E-state index in [-0.39, 0.29) is 18.2 Å². The number of carbonyl (C=O) groups excluding carboxylic acids is 2. The van der Waals surface area contributed by atoms with E-state index in [0.29, 0.717) is 43.6 Å². The maximum absolute atomic E-state index is 12.7. The number of nitrogens with one attached hydrogen (secondary N) is 1. The summed E-state index contributed by atoms with van der Waals surface area (Å²) < 4.78 is 11.3. The van der Waals surface area contributed by atoms with Crippen LogP contribution in [0.15, 0.2) is 42.6 Å². The quantitative estimate of drug-likeness (QED) is 0.704. The molecular formula is C22H27N3O4. The lowest BCUT2D eigenvalue weighted by Gasteiger charge is -2.20. The van der Waals surface area contributed by atoms with Gasteiger partial charge in [-0.15, -0.1) is 0 Å². The summed E-state index contributed by atoms with van der Waals surface area (Å²) in [5, 5.41) is 2.92. The highest BCUT2D eigenvalue weighted by atomic mass is 16.5. The summed E-state index contributed by atoms with van der Waals surface area (Å²) in [4.78, 5) is 31.1. The molecule has 2 aromatic rings. The van der Waals surface area contributed by atoms with Crippen molar-refractivity contribution >= 4 is 17.5 Å². The fourth-order valence-electron chi connectivity index (χ4n) is 3.29. The number of benzene rings is 1. The van der Waals surface area contributed by atoms with Crippen LogP contribution in [-0.2, 0) is 16.1 Å². The van der Waals surface area contributed by atoms with Crippen LogP contribution in [-0.4, -0.2) is 36.6 Å². The summed E-state index contributed by atoms with van der Waals surface area (Å²) in [7, 11) is 0. The number of hydrogen-bond acceptors (Lipinski definition) is 5. The lowest BCUT2D eigenvalue weighted by Crippen LogP contribution is -2.32. The second-order valence-corrected chi connectivity index (χ2v) is 6.84. The molecule has 29 heavy (non-hydrogen) atoms. The molecule has 1 aliphatic rings. The number of hydrogen-bond donors (Lipinski definition) is 1. The van der Waals surface area contributed by atoms with Gasteiger partial charge in [0.25, 0.3) is 0 Å². The van der Waals surface area contributed by atoms with E-state index in [9.17, 15) is 9.59 Å². The number of nitrogens with zero attached hydrogens (tertiary/aromatic N) is 2. The average molecular weight is 397 g/mol. The van der Waals surface area contributed by atoms with Crippen molar-refractivity contribution < 1.29 is 19.1 Å². The first-order chi connectivity index (χ1) is 14.1. The van der Waals surface area contributed by atoms with E-state index in [1.807, 2.05) is 50.2 Å². The highest BCUT2D eigenvalue weighted by Gasteiger charge is 2.36. The number of ether oxygens (including phenoxy) is 2. The minimum Gasteiger partial charge on any atom is -0.492 e. The minimum atomic E-state index is -0.408. The third kappa shape index (κ3) is 5.04. The van der Waals surface area contributed by atoms with Crippen LogP contribution in [0.5, 0.6) is 11.6 Å². The van der Waals surface area contributed by atoms with E-state index < -0.39 is 5.92 Å². The maximum Gasteiger partial charge on any atom is 0.227 e. The average Bonchev–Trinajstić information content (AvgIpc) is 3.13. The van der Waals surface area contributed by atoms with Crippen molar-refractivity contribution in [3.05, 3.63) is 48.2 Å². The Hall–Kier alpha value is -3.09. The van der Waals surface area contributed by atoms with Gasteiger partial charge in [0.15, 0.2) is 0 Å². The summed E-state index contributed by atoms with van der Waals surface area (Å²) in [6.45, 7) is 5.65. The summed E-state index contributed by atoms with van der Waals surface area (Å²) >= 11 is 0. The Morgan fingerprint density at radius 3 is 2.83 bits per heavy atom. The van der Waals surface area contributed by atoms with Gasteiger partial charge in [0.2, 0.25) is 17.7 Å². The van der Waals surface area contributed by atoms with Crippen molar-refractivity contribution in [1.82, 2.24) is 10.3 Å². The summed E-state index contributed by atoms with van der Waals surface area (Å²) in [6.07, 6.45) is 2.73. The van der Waals surface area contributed by atoms with Gasteiger partial charge >= 0.3 is 0 Å².